The lowest BCUT2D eigenvalue weighted by molar-refractivity contribution is -0.122. The number of hydrogen-bond acceptors (Lipinski definition) is 4. The standard InChI is InChI=1S/C28H20ClFN2O3/c1-15(33)25-24(26(34)16-6-9-18(29)10-7-16)28(20-4-2-3-5-21(20)31-27(28)35)23-13-8-17-14-19(30)11-12-22(17)32(23)25/h2-14,23-25H,1H3,(H,31,35)/t23-,24-,25-,28+/m1/s1. The van der Waals surface area contributed by atoms with E-state index in [0.717, 1.165) is 0 Å². The Bertz CT molecular complexity index is 1450. The number of hydrogen-bond donors (Lipinski definition) is 1. The number of carbonyl (C=O) groups is 3. The fourth-order valence-corrected chi connectivity index (χ4v) is 6.22. The topological polar surface area (TPSA) is 66.5 Å². The molecule has 0 unspecified atom stereocenters. The fraction of sp³-hybridized carbons (Fsp3) is 0.179. The number of rotatable bonds is 3. The Morgan fingerprint density at radius 2 is 1.80 bits per heavy atom. The van der Waals surface area contributed by atoms with Gasteiger partial charge >= 0.3 is 0 Å². The minimum absolute atomic E-state index is 0.248. The smallest absolute Gasteiger partial charge is 0.238 e. The Morgan fingerprint density at radius 1 is 1.06 bits per heavy atom. The second-order valence-corrected chi connectivity index (χ2v) is 9.62. The summed E-state index contributed by atoms with van der Waals surface area (Å²) in [5, 5.41) is 3.43. The number of ketones is 2. The number of carbonyl (C=O) groups excluding carboxylic acids is 3. The van der Waals surface area contributed by atoms with Crippen molar-refractivity contribution in [3.8, 4) is 0 Å². The minimum Gasteiger partial charge on any atom is -0.352 e. The van der Waals surface area contributed by atoms with Crippen molar-refractivity contribution >= 4 is 46.5 Å². The number of fused-ring (bicyclic) bond motifs is 6. The Balaban J connectivity index is 1.65. The zero-order valence-electron chi connectivity index (χ0n) is 18.7. The normalized spacial score (nSPS) is 25.7. The van der Waals surface area contributed by atoms with Crippen molar-refractivity contribution in [1.29, 1.82) is 0 Å². The van der Waals surface area contributed by atoms with E-state index in [2.05, 4.69) is 5.32 Å². The van der Waals surface area contributed by atoms with Gasteiger partial charge in [-0.3, -0.25) is 14.4 Å². The van der Waals surface area contributed by atoms with E-state index in [4.69, 9.17) is 11.6 Å². The highest BCUT2D eigenvalue weighted by Crippen LogP contribution is 2.57. The molecule has 0 saturated carbocycles. The van der Waals surface area contributed by atoms with Crippen LogP contribution in [0, 0.1) is 11.7 Å². The number of para-hydroxylation sites is 1. The number of anilines is 2. The molecule has 3 aliphatic heterocycles. The van der Waals surface area contributed by atoms with Gasteiger partial charge in [-0.2, -0.15) is 0 Å². The molecule has 3 aromatic rings. The average molecular weight is 487 g/mol. The van der Waals surface area contributed by atoms with Crippen LogP contribution in [-0.2, 0) is 15.0 Å². The van der Waals surface area contributed by atoms with Crippen LogP contribution >= 0.6 is 11.6 Å². The maximum Gasteiger partial charge on any atom is 0.238 e. The molecule has 5 nitrogen and oxygen atoms in total. The summed E-state index contributed by atoms with van der Waals surface area (Å²) >= 11 is 6.06. The third kappa shape index (κ3) is 2.89. The highest BCUT2D eigenvalue weighted by atomic mass is 35.5. The monoisotopic (exact) mass is 486 g/mol. The molecule has 0 radical (unpaired) electrons. The van der Waals surface area contributed by atoms with Gasteiger partial charge in [-0.05, 0) is 61.0 Å². The van der Waals surface area contributed by atoms with E-state index in [1.54, 1.807) is 42.5 Å². The van der Waals surface area contributed by atoms with Crippen molar-refractivity contribution < 1.29 is 18.8 Å². The molecule has 1 saturated heterocycles. The lowest BCUT2D eigenvalue weighted by atomic mass is 9.64. The third-order valence-electron chi connectivity index (χ3n) is 7.42. The largest absolute Gasteiger partial charge is 0.352 e. The zero-order valence-corrected chi connectivity index (χ0v) is 19.4. The summed E-state index contributed by atoms with van der Waals surface area (Å²) in [4.78, 5) is 43.3. The number of Topliss-reactive ketones (excluding diaryl/α,β-unsaturated/α-hetero) is 2. The number of halogens is 2. The van der Waals surface area contributed by atoms with Crippen molar-refractivity contribution in [3.05, 3.63) is 100 Å². The van der Waals surface area contributed by atoms with E-state index in [9.17, 15) is 18.8 Å². The van der Waals surface area contributed by atoms with Crippen molar-refractivity contribution in [2.75, 3.05) is 10.2 Å². The lowest BCUT2D eigenvalue weighted by Crippen LogP contribution is -2.51. The van der Waals surface area contributed by atoms with Crippen LogP contribution in [0.15, 0.2) is 72.8 Å². The fourth-order valence-electron chi connectivity index (χ4n) is 6.10. The number of nitrogens with one attached hydrogen (secondary N) is 1. The molecular formula is C28H20ClFN2O3. The van der Waals surface area contributed by atoms with Gasteiger partial charge in [0.1, 0.15) is 11.2 Å². The summed E-state index contributed by atoms with van der Waals surface area (Å²) in [6, 6.07) is 16.5. The van der Waals surface area contributed by atoms with Crippen molar-refractivity contribution in [3.63, 3.8) is 0 Å². The first-order valence-electron chi connectivity index (χ1n) is 11.3. The van der Waals surface area contributed by atoms with Crippen LogP contribution in [0.25, 0.3) is 6.08 Å². The van der Waals surface area contributed by atoms with Crippen LogP contribution in [-0.4, -0.2) is 29.6 Å². The van der Waals surface area contributed by atoms with Gasteiger partial charge in [0.2, 0.25) is 5.91 Å². The SMILES string of the molecule is CC(=O)[C@@H]1[C@H](C(=O)c2ccc(Cl)cc2)[C@@]2(C(=O)Nc3ccccc32)[C@H]2C=Cc3cc(F)ccc3N12. The van der Waals surface area contributed by atoms with Crippen LogP contribution < -0.4 is 10.2 Å². The summed E-state index contributed by atoms with van der Waals surface area (Å²) in [6.07, 6.45) is 3.58. The molecule has 3 heterocycles. The number of nitrogens with zero attached hydrogens (tertiary/aromatic N) is 1. The molecule has 1 N–H and O–H groups in total. The Hall–Kier alpha value is -3.77. The Morgan fingerprint density at radius 3 is 2.54 bits per heavy atom. The molecule has 1 amide bonds. The summed E-state index contributed by atoms with van der Waals surface area (Å²) in [5.74, 6) is -2.32. The molecule has 7 heteroatoms. The highest BCUT2D eigenvalue weighted by Gasteiger charge is 2.69. The molecule has 0 aromatic heterocycles. The first-order valence-corrected chi connectivity index (χ1v) is 11.7. The Kier molecular flexibility index (Phi) is 4.73. The van der Waals surface area contributed by atoms with Crippen molar-refractivity contribution in [2.45, 2.75) is 24.4 Å². The molecule has 4 atom stereocenters. The van der Waals surface area contributed by atoms with Gasteiger partial charge in [-0.15, -0.1) is 0 Å². The predicted octanol–water partition coefficient (Wildman–Crippen LogP) is 5.04. The summed E-state index contributed by atoms with van der Waals surface area (Å²) in [5.41, 5.74) is 1.51. The van der Waals surface area contributed by atoms with Gasteiger partial charge in [-0.1, -0.05) is 42.0 Å². The van der Waals surface area contributed by atoms with E-state index in [0.29, 0.717) is 33.1 Å². The van der Waals surface area contributed by atoms with E-state index in [1.807, 2.05) is 29.2 Å². The van der Waals surface area contributed by atoms with Gasteiger partial charge in [0.25, 0.3) is 0 Å². The second-order valence-electron chi connectivity index (χ2n) is 9.19. The third-order valence-corrected chi connectivity index (χ3v) is 7.67. The summed E-state index contributed by atoms with van der Waals surface area (Å²) in [7, 11) is 0. The Labute approximate surface area is 206 Å². The van der Waals surface area contributed by atoms with Gasteiger partial charge in [0.05, 0.1) is 18.0 Å². The quantitative estimate of drug-likeness (QED) is 0.527. The van der Waals surface area contributed by atoms with Gasteiger partial charge in [0.15, 0.2) is 11.6 Å². The van der Waals surface area contributed by atoms with Gasteiger partial charge in [-0.25, -0.2) is 4.39 Å². The molecule has 174 valence electrons. The highest BCUT2D eigenvalue weighted by molar-refractivity contribution is 6.30. The molecule has 3 aliphatic rings. The first-order chi connectivity index (χ1) is 16.8. The predicted molar refractivity (Wildman–Crippen MR) is 132 cm³/mol. The van der Waals surface area contributed by atoms with Gasteiger partial charge in [0, 0.05) is 27.5 Å². The van der Waals surface area contributed by atoms with Crippen LogP contribution in [0.2, 0.25) is 5.02 Å². The number of benzene rings is 3. The van der Waals surface area contributed by atoms with E-state index in [1.165, 1.54) is 19.1 Å². The maximum atomic E-state index is 14.2. The van der Waals surface area contributed by atoms with E-state index in [-0.39, 0.29) is 17.5 Å². The molecule has 1 fully saturated rings. The first kappa shape index (κ1) is 21.7. The average Bonchev–Trinajstić information content (AvgIpc) is 3.32. The summed E-state index contributed by atoms with van der Waals surface area (Å²) in [6.45, 7) is 1.43. The van der Waals surface area contributed by atoms with Crippen LogP contribution in [0.1, 0.15) is 28.4 Å². The van der Waals surface area contributed by atoms with Crippen molar-refractivity contribution in [2.24, 2.45) is 5.92 Å². The molecule has 6 rings (SSSR count). The van der Waals surface area contributed by atoms with E-state index < -0.39 is 29.2 Å². The maximum absolute atomic E-state index is 14.2. The molecular weight excluding hydrogens is 467 g/mol. The summed E-state index contributed by atoms with van der Waals surface area (Å²) < 4.78 is 14.1. The lowest BCUT2D eigenvalue weighted by Gasteiger charge is -2.37. The number of amides is 1. The van der Waals surface area contributed by atoms with Crippen LogP contribution in [0.3, 0.4) is 0 Å². The van der Waals surface area contributed by atoms with Crippen LogP contribution in [0.4, 0.5) is 15.8 Å². The molecule has 3 aromatic carbocycles. The molecule has 1 spiro atoms. The van der Waals surface area contributed by atoms with Crippen LogP contribution in [0.5, 0.6) is 0 Å². The van der Waals surface area contributed by atoms with Crippen molar-refractivity contribution in [1.82, 2.24) is 0 Å². The van der Waals surface area contributed by atoms with Gasteiger partial charge < -0.3 is 10.2 Å². The van der Waals surface area contributed by atoms with E-state index >= 15 is 0 Å². The molecule has 0 bridgehead atoms. The minimum atomic E-state index is -1.35. The zero-order chi connectivity index (χ0) is 24.5. The molecule has 0 aliphatic carbocycles. The molecule has 35 heavy (non-hydrogen) atoms. The second kappa shape index (κ2) is 7.62.